The molecule has 1 amide bonds. The monoisotopic (exact) mass is 482 g/mol. The number of carbonyl (C=O) groups excluding carboxylic acids is 3. The number of Topliss-reactive ketones (excluding diaryl/α,β-unsaturated/α-hetero) is 1. The largest absolute Gasteiger partial charge is 0.468 e. The van der Waals surface area contributed by atoms with Gasteiger partial charge in [-0.05, 0) is 44.4 Å². The Morgan fingerprint density at radius 1 is 1.15 bits per heavy atom. The highest BCUT2D eigenvalue weighted by Crippen LogP contribution is 2.48. The van der Waals surface area contributed by atoms with Gasteiger partial charge in [0.25, 0.3) is 0 Å². The van der Waals surface area contributed by atoms with E-state index in [-0.39, 0.29) is 61.0 Å². The average molecular weight is 483 g/mol. The lowest BCUT2D eigenvalue weighted by Gasteiger charge is -2.46. The van der Waals surface area contributed by atoms with Crippen LogP contribution >= 0.6 is 12.4 Å². The smallest absolute Gasteiger partial charge is 0.321 e. The minimum Gasteiger partial charge on any atom is -0.468 e. The summed E-state index contributed by atoms with van der Waals surface area (Å²) >= 11 is 0. The number of esters is 1. The number of benzene rings is 1. The van der Waals surface area contributed by atoms with Gasteiger partial charge in [-0.25, -0.2) is 4.39 Å². The van der Waals surface area contributed by atoms with Crippen LogP contribution in [0.2, 0.25) is 0 Å². The molecule has 0 aromatic heterocycles. The second-order valence-corrected chi connectivity index (χ2v) is 9.37. The number of amides is 1. The molecule has 7 nitrogen and oxygen atoms in total. The minimum absolute atomic E-state index is 0. The normalized spacial score (nSPS) is 31.8. The van der Waals surface area contributed by atoms with Crippen LogP contribution in [0.15, 0.2) is 24.3 Å². The highest BCUT2D eigenvalue weighted by atomic mass is 35.5. The van der Waals surface area contributed by atoms with Crippen molar-refractivity contribution >= 4 is 30.1 Å². The zero-order valence-corrected chi connectivity index (χ0v) is 20.1. The SMILES string of the molecule is COC(=O)C1(CC(=O)N2CC(C)OC(C)C2)C(=O)CC2CCC1N2Cc1ccc(F)cc1.Cl. The van der Waals surface area contributed by atoms with Gasteiger partial charge >= 0.3 is 5.97 Å². The van der Waals surface area contributed by atoms with E-state index in [0.717, 1.165) is 12.0 Å². The van der Waals surface area contributed by atoms with Gasteiger partial charge in [0.1, 0.15) is 5.82 Å². The Morgan fingerprint density at radius 2 is 1.79 bits per heavy atom. The van der Waals surface area contributed by atoms with Crippen molar-refractivity contribution in [3.8, 4) is 0 Å². The van der Waals surface area contributed by atoms with Gasteiger partial charge in [-0.15, -0.1) is 12.4 Å². The fourth-order valence-electron chi connectivity index (χ4n) is 5.76. The first-order chi connectivity index (χ1) is 15.2. The van der Waals surface area contributed by atoms with Crippen molar-refractivity contribution < 1.29 is 28.2 Å². The van der Waals surface area contributed by atoms with Gasteiger partial charge in [0, 0.05) is 38.1 Å². The number of hydrogen-bond acceptors (Lipinski definition) is 6. The Kier molecular flexibility index (Phi) is 7.81. The zero-order chi connectivity index (χ0) is 23.0. The van der Waals surface area contributed by atoms with Crippen LogP contribution in [0, 0.1) is 11.2 Å². The second kappa shape index (κ2) is 10.1. The Hall–Kier alpha value is -2.03. The van der Waals surface area contributed by atoms with Gasteiger partial charge in [-0.2, -0.15) is 0 Å². The van der Waals surface area contributed by atoms with E-state index in [4.69, 9.17) is 9.47 Å². The van der Waals surface area contributed by atoms with E-state index in [9.17, 15) is 18.8 Å². The first-order valence-corrected chi connectivity index (χ1v) is 11.3. The number of nitrogens with zero attached hydrogens (tertiary/aromatic N) is 2. The third-order valence-electron chi connectivity index (χ3n) is 7.16. The summed E-state index contributed by atoms with van der Waals surface area (Å²) in [6.07, 6.45) is 1.20. The van der Waals surface area contributed by atoms with Crippen molar-refractivity contribution in [1.82, 2.24) is 9.80 Å². The molecular formula is C24H32ClFN2O5. The quantitative estimate of drug-likeness (QED) is 0.474. The Balaban J connectivity index is 0.00000306. The molecule has 3 saturated heterocycles. The number of ketones is 1. The maximum atomic E-state index is 13.4. The number of ether oxygens (including phenoxy) is 2. The van der Waals surface area contributed by atoms with Gasteiger partial charge in [-0.1, -0.05) is 12.1 Å². The van der Waals surface area contributed by atoms with Gasteiger partial charge < -0.3 is 14.4 Å². The minimum atomic E-state index is -1.52. The van der Waals surface area contributed by atoms with Gasteiger partial charge in [0.2, 0.25) is 5.91 Å². The molecule has 3 aliphatic rings. The molecule has 3 aliphatic heterocycles. The molecule has 0 spiro atoms. The molecule has 9 heteroatoms. The summed E-state index contributed by atoms with van der Waals surface area (Å²) in [6.45, 7) is 5.16. The molecule has 1 aromatic carbocycles. The van der Waals surface area contributed by atoms with Crippen molar-refractivity contribution in [2.45, 2.75) is 70.4 Å². The summed E-state index contributed by atoms with van der Waals surface area (Å²) in [6, 6.07) is 5.83. The van der Waals surface area contributed by atoms with Crippen molar-refractivity contribution in [2.24, 2.45) is 5.41 Å². The highest BCUT2D eigenvalue weighted by Gasteiger charge is 2.62. The van der Waals surface area contributed by atoms with Crippen molar-refractivity contribution in [3.05, 3.63) is 35.6 Å². The second-order valence-electron chi connectivity index (χ2n) is 9.37. The summed E-state index contributed by atoms with van der Waals surface area (Å²) in [5.41, 5.74) is -0.623. The maximum absolute atomic E-state index is 13.4. The van der Waals surface area contributed by atoms with Crippen LogP contribution in [0.1, 0.15) is 45.1 Å². The van der Waals surface area contributed by atoms with E-state index in [1.807, 2.05) is 13.8 Å². The molecule has 0 N–H and O–H groups in total. The molecule has 5 atom stereocenters. The van der Waals surface area contributed by atoms with Crippen molar-refractivity contribution in [2.75, 3.05) is 20.2 Å². The number of morpholine rings is 1. The van der Waals surface area contributed by atoms with Gasteiger partial charge in [0.05, 0.1) is 25.7 Å². The molecule has 5 unspecified atom stereocenters. The van der Waals surface area contributed by atoms with Gasteiger partial charge in [-0.3, -0.25) is 19.3 Å². The van der Waals surface area contributed by atoms with E-state index in [2.05, 4.69) is 4.90 Å². The van der Waals surface area contributed by atoms with E-state index >= 15 is 0 Å². The lowest BCUT2D eigenvalue weighted by atomic mass is 9.69. The molecule has 0 aliphatic carbocycles. The standard InChI is InChI=1S/C24H31FN2O5.ClH/c1-15-12-26(13-16(2)32-15)22(29)11-24(23(30)31-3)20-9-8-19(10-21(24)28)27(20)14-17-4-6-18(25)7-5-17;/h4-7,15-16,19-20H,8-14H2,1-3H3;1H. The fraction of sp³-hybridized carbons (Fsp3) is 0.625. The highest BCUT2D eigenvalue weighted by molar-refractivity contribution is 6.08. The number of piperidine rings is 1. The first kappa shape index (κ1) is 25.6. The summed E-state index contributed by atoms with van der Waals surface area (Å²) in [5, 5.41) is 0. The first-order valence-electron chi connectivity index (χ1n) is 11.3. The van der Waals surface area contributed by atoms with E-state index in [1.165, 1.54) is 19.2 Å². The molecule has 0 saturated carbocycles. The summed E-state index contributed by atoms with van der Waals surface area (Å²) in [5.74, 6) is -1.39. The van der Waals surface area contributed by atoms with Crippen molar-refractivity contribution in [3.63, 3.8) is 0 Å². The lowest BCUT2D eigenvalue weighted by molar-refractivity contribution is -0.172. The van der Waals surface area contributed by atoms with E-state index in [0.29, 0.717) is 26.1 Å². The van der Waals surface area contributed by atoms with Crippen LogP contribution < -0.4 is 0 Å². The summed E-state index contributed by atoms with van der Waals surface area (Å²) in [4.78, 5) is 43.8. The van der Waals surface area contributed by atoms with Crippen LogP contribution in [0.4, 0.5) is 4.39 Å². The van der Waals surface area contributed by atoms with Crippen LogP contribution in [-0.4, -0.2) is 72.0 Å². The van der Waals surface area contributed by atoms with Crippen LogP contribution in [0.25, 0.3) is 0 Å². The third-order valence-corrected chi connectivity index (χ3v) is 7.16. The molecule has 2 bridgehead atoms. The molecule has 4 rings (SSSR count). The number of hydrogen-bond donors (Lipinski definition) is 0. The van der Waals surface area contributed by atoms with Crippen LogP contribution in [0.3, 0.4) is 0 Å². The average Bonchev–Trinajstić information content (AvgIpc) is 3.07. The topological polar surface area (TPSA) is 76.1 Å². The lowest BCUT2D eigenvalue weighted by Crippen LogP contribution is -2.62. The molecule has 33 heavy (non-hydrogen) atoms. The van der Waals surface area contributed by atoms with Crippen molar-refractivity contribution in [1.29, 1.82) is 0 Å². The molecule has 0 radical (unpaired) electrons. The van der Waals surface area contributed by atoms with E-state index < -0.39 is 17.4 Å². The van der Waals surface area contributed by atoms with E-state index in [1.54, 1.807) is 17.0 Å². The molecular weight excluding hydrogens is 451 g/mol. The number of rotatable bonds is 5. The number of halogens is 2. The summed E-state index contributed by atoms with van der Waals surface area (Å²) in [7, 11) is 1.27. The molecule has 182 valence electrons. The third kappa shape index (κ3) is 4.79. The Morgan fingerprint density at radius 3 is 2.39 bits per heavy atom. The van der Waals surface area contributed by atoms with Crippen LogP contribution in [-0.2, 0) is 30.4 Å². The number of fused-ring (bicyclic) bond motifs is 2. The Labute approximate surface area is 200 Å². The van der Waals surface area contributed by atoms with Crippen LogP contribution in [0.5, 0.6) is 0 Å². The maximum Gasteiger partial charge on any atom is 0.321 e. The zero-order valence-electron chi connectivity index (χ0n) is 19.3. The number of methoxy groups -OCH3 is 1. The Bertz CT molecular complexity index is 887. The fourth-order valence-corrected chi connectivity index (χ4v) is 5.76. The molecule has 3 heterocycles. The number of carbonyl (C=O) groups is 3. The molecule has 3 fully saturated rings. The van der Waals surface area contributed by atoms with Gasteiger partial charge in [0.15, 0.2) is 11.2 Å². The summed E-state index contributed by atoms with van der Waals surface area (Å²) < 4.78 is 24.2. The predicted molar refractivity (Wildman–Crippen MR) is 121 cm³/mol. The predicted octanol–water partition coefficient (Wildman–Crippen LogP) is 2.74. The molecule has 1 aromatic rings.